The second kappa shape index (κ2) is 7.09. The Balaban J connectivity index is 1.76. The zero-order valence-corrected chi connectivity index (χ0v) is 15.3. The molecule has 0 aliphatic heterocycles. The summed E-state index contributed by atoms with van der Waals surface area (Å²) in [6.07, 6.45) is 1.06. The fraction of sp³-hybridized carbons (Fsp3) is 0.333. The Morgan fingerprint density at radius 1 is 1.08 bits per heavy atom. The molecule has 0 saturated carbocycles. The molecule has 0 saturated heterocycles. The quantitative estimate of drug-likeness (QED) is 0.745. The van der Waals surface area contributed by atoms with Crippen molar-refractivity contribution in [3.63, 3.8) is 0 Å². The summed E-state index contributed by atoms with van der Waals surface area (Å²) in [6, 6.07) is 16.2. The Kier molecular flexibility index (Phi) is 4.88. The molecular formula is C21H25N3O. The summed E-state index contributed by atoms with van der Waals surface area (Å²) >= 11 is 0. The minimum atomic E-state index is -0.228. The van der Waals surface area contributed by atoms with E-state index in [9.17, 15) is 4.79 Å². The second-order valence-corrected chi connectivity index (χ2v) is 7.04. The molecule has 25 heavy (non-hydrogen) atoms. The van der Waals surface area contributed by atoms with Crippen molar-refractivity contribution in [1.82, 2.24) is 9.78 Å². The van der Waals surface area contributed by atoms with E-state index in [1.54, 1.807) is 4.68 Å². The number of hydrogen-bond donors (Lipinski definition) is 1. The Morgan fingerprint density at radius 2 is 1.76 bits per heavy atom. The van der Waals surface area contributed by atoms with E-state index in [0.717, 1.165) is 22.9 Å². The number of nitrogens with zero attached hydrogens (tertiary/aromatic N) is 2. The zero-order valence-electron chi connectivity index (χ0n) is 15.3. The van der Waals surface area contributed by atoms with Crippen LogP contribution in [0.4, 0.5) is 5.82 Å². The van der Waals surface area contributed by atoms with Crippen molar-refractivity contribution in [3.05, 3.63) is 59.7 Å². The normalized spacial score (nSPS) is 12.5. The van der Waals surface area contributed by atoms with Crippen LogP contribution in [0.5, 0.6) is 0 Å². The van der Waals surface area contributed by atoms with Crippen LogP contribution in [-0.4, -0.2) is 15.7 Å². The Labute approximate surface area is 148 Å². The monoisotopic (exact) mass is 335 g/mol. The predicted octanol–water partition coefficient (Wildman–Crippen LogP) is 4.51. The molecule has 1 N–H and O–H groups in total. The number of hydrogen-bond acceptors (Lipinski definition) is 2. The van der Waals surface area contributed by atoms with Crippen LogP contribution in [0.2, 0.25) is 0 Å². The highest BCUT2D eigenvalue weighted by Crippen LogP contribution is 2.24. The number of aryl methyl sites for hydroxylation is 1. The van der Waals surface area contributed by atoms with Crippen LogP contribution in [0.15, 0.2) is 48.5 Å². The average molecular weight is 335 g/mol. The molecule has 0 bridgehead atoms. The number of fused-ring (bicyclic) bond motifs is 1. The minimum Gasteiger partial charge on any atom is -0.308 e. The van der Waals surface area contributed by atoms with E-state index in [1.165, 1.54) is 5.56 Å². The van der Waals surface area contributed by atoms with Gasteiger partial charge in [-0.3, -0.25) is 9.48 Å². The van der Waals surface area contributed by atoms with Gasteiger partial charge in [-0.15, -0.1) is 0 Å². The molecule has 1 heterocycles. The highest BCUT2D eigenvalue weighted by atomic mass is 16.1. The Bertz CT molecular complexity index is 878. The first-order chi connectivity index (χ1) is 12.0. The van der Waals surface area contributed by atoms with Gasteiger partial charge in [-0.2, -0.15) is 5.10 Å². The summed E-state index contributed by atoms with van der Waals surface area (Å²) in [5.41, 5.74) is 3.33. The standard InChI is InChI=1S/C21H25N3O/c1-14(2)13-16-9-11-17(12-10-16)15(3)21(25)22-20-18-7-5-6-8-19(18)24(4)23-20/h5-12,14-15H,13H2,1-4H3,(H,22,23,25)/t15-/m1/s1. The van der Waals surface area contributed by atoms with Crippen molar-refractivity contribution in [2.75, 3.05) is 5.32 Å². The molecule has 4 nitrogen and oxygen atoms in total. The SMILES string of the molecule is CC(C)Cc1ccc([C@@H](C)C(=O)Nc2nn(C)c3ccccc23)cc1. The molecule has 3 rings (SSSR count). The van der Waals surface area contributed by atoms with Crippen molar-refractivity contribution in [2.24, 2.45) is 13.0 Å². The highest BCUT2D eigenvalue weighted by molar-refractivity contribution is 6.02. The van der Waals surface area contributed by atoms with E-state index >= 15 is 0 Å². The van der Waals surface area contributed by atoms with E-state index < -0.39 is 0 Å². The first-order valence-electron chi connectivity index (χ1n) is 8.77. The molecule has 0 aliphatic carbocycles. The number of anilines is 1. The first-order valence-corrected chi connectivity index (χ1v) is 8.77. The van der Waals surface area contributed by atoms with Crippen molar-refractivity contribution < 1.29 is 4.79 Å². The van der Waals surface area contributed by atoms with Gasteiger partial charge < -0.3 is 5.32 Å². The largest absolute Gasteiger partial charge is 0.308 e. The lowest BCUT2D eigenvalue weighted by atomic mass is 9.96. The number of nitrogens with one attached hydrogen (secondary N) is 1. The molecule has 0 fully saturated rings. The molecule has 3 aromatic rings. The maximum absolute atomic E-state index is 12.7. The van der Waals surface area contributed by atoms with Gasteiger partial charge in [0, 0.05) is 12.4 Å². The molecule has 4 heteroatoms. The number of rotatable bonds is 5. The number of para-hydroxylation sites is 1. The van der Waals surface area contributed by atoms with E-state index in [1.807, 2.05) is 38.2 Å². The molecule has 1 atom stereocenters. The smallest absolute Gasteiger partial charge is 0.232 e. The summed E-state index contributed by atoms with van der Waals surface area (Å²) in [4.78, 5) is 12.7. The van der Waals surface area contributed by atoms with Gasteiger partial charge in [0.2, 0.25) is 5.91 Å². The maximum Gasteiger partial charge on any atom is 0.232 e. The van der Waals surface area contributed by atoms with E-state index in [0.29, 0.717) is 11.7 Å². The lowest BCUT2D eigenvalue weighted by molar-refractivity contribution is -0.117. The third-order valence-electron chi connectivity index (χ3n) is 4.52. The van der Waals surface area contributed by atoms with Crippen LogP contribution in [0.25, 0.3) is 10.9 Å². The van der Waals surface area contributed by atoms with E-state index in [-0.39, 0.29) is 11.8 Å². The highest BCUT2D eigenvalue weighted by Gasteiger charge is 2.18. The van der Waals surface area contributed by atoms with Gasteiger partial charge in [0.1, 0.15) is 0 Å². The van der Waals surface area contributed by atoms with Crippen LogP contribution >= 0.6 is 0 Å². The van der Waals surface area contributed by atoms with Gasteiger partial charge >= 0.3 is 0 Å². The van der Waals surface area contributed by atoms with Gasteiger partial charge in [0.25, 0.3) is 0 Å². The Hall–Kier alpha value is -2.62. The van der Waals surface area contributed by atoms with E-state index in [4.69, 9.17) is 0 Å². The number of carbonyl (C=O) groups is 1. The van der Waals surface area contributed by atoms with Crippen LogP contribution in [-0.2, 0) is 18.3 Å². The van der Waals surface area contributed by atoms with Gasteiger partial charge in [-0.05, 0) is 42.5 Å². The topological polar surface area (TPSA) is 46.9 Å². The molecular weight excluding hydrogens is 310 g/mol. The molecule has 0 unspecified atom stereocenters. The number of aromatic nitrogens is 2. The lowest BCUT2D eigenvalue weighted by Crippen LogP contribution is -2.19. The summed E-state index contributed by atoms with van der Waals surface area (Å²) < 4.78 is 1.79. The van der Waals surface area contributed by atoms with Crippen molar-refractivity contribution in [3.8, 4) is 0 Å². The Morgan fingerprint density at radius 3 is 2.44 bits per heavy atom. The summed E-state index contributed by atoms with van der Waals surface area (Å²) in [5.74, 6) is 0.977. The van der Waals surface area contributed by atoms with Crippen molar-refractivity contribution in [1.29, 1.82) is 0 Å². The molecule has 130 valence electrons. The summed E-state index contributed by atoms with van der Waals surface area (Å²) in [5, 5.41) is 8.37. The van der Waals surface area contributed by atoms with Gasteiger partial charge in [0.15, 0.2) is 5.82 Å². The van der Waals surface area contributed by atoms with Gasteiger partial charge in [-0.25, -0.2) is 0 Å². The maximum atomic E-state index is 12.7. The lowest BCUT2D eigenvalue weighted by Gasteiger charge is -2.13. The van der Waals surface area contributed by atoms with E-state index in [2.05, 4.69) is 48.5 Å². The zero-order chi connectivity index (χ0) is 18.0. The van der Waals surface area contributed by atoms with Crippen LogP contribution in [0, 0.1) is 5.92 Å². The number of amides is 1. The third kappa shape index (κ3) is 3.73. The van der Waals surface area contributed by atoms with Crippen LogP contribution < -0.4 is 5.32 Å². The third-order valence-corrected chi connectivity index (χ3v) is 4.52. The average Bonchev–Trinajstić information content (AvgIpc) is 2.91. The fourth-order valence-corrected chi connectivity index (χ4v) is 3.10. The van der Waals surface area contributed by atoms with Crippen molar-refractivity contribution >= 4 is 22.6 Å². The number of carbonyl (C=O) groups excluding carboxylic acids is 1. The van der Waals surface area contributed by atoms with Crippen LogP contribution in [0.1, 0.15) is 37.8 Å². The molecule has 1 aromatic heterocycles. The van der Waals surface area contributed by atoms with Crippen molar-refractivity contribution in [2.45, 2.75) is 33.1 Å². The molecule has 2 aromatic carbocycles. The van der Waals surface area contributed by atoms with Gasteiger partial charge in [0.05, 0.1) is 11.4 Å². The number of benzene rings is 2. The molecule has 0 aliphatic rings. The summed E-state index contributed by atoms with van der Waals surface area (Å²) in [6.45, 7) is 6.35. The second-order valence-electron chi connectivity index (χ2n) is 7.04. The minimum absolute atomic E-state index is 0.0412. The molecule has 1 amide bonds. The fourth-order valence-electron chi connectivity index (χ4n) is 3.10. The molecule has 0 radical (unpaired) electrons. The predicted molar refractivity (Wildman–Crippen MR) is 103 cm³/mol. The first kappa shape index (κ1) is 17.2. The van der Waals surface area contributed by atoms with Crippen LogP contribution in [0.3, 0.4) is 0 Å². The van der Waals surface area contributed by atoms with Gasteiger partial charge in [-0.1, -0.05) is 50.2 Å². The summed E-state index contributed by atoms with van der Waals surface area (Å²) in [7, 11) is 1.88. The molecule has 0 spiro atoms.